The number of hydrogen-bond donors (Lipinski definition) is 2. The van der Waals surface area contributed by atoms with Crippen LogP contribution in [0, 0.1) is 5.82 Å². The molecule has 1 saturated heterocycles. The molecule has 1 aromatic rings. The molecule has 102 valence electrons. The number of amides is 2. The molecule has 1 aromatic carbocycles. The maximum absolute atomic E-state index is 13.0. The van der Waals surface area contributed by atoms with E-state index in [1.165, 1.54) is 17.0 Å². The van der Waals surface area contributed by atoms with Crippen LogP contribution >= 0.6 is 15.9 Å². The zero-order chi connectivity index (χ0) is 14.2. The van der Waals surface area contributed by atoms with Gasteiger partial charge >= 0.3 is 0 Å². The molecule has 1 aliphatic heterocycles. The fraction of sp³-hybridized carbons (Fsp3) is 0.333. The molecule has 1 heterocycles. The lowest BCUT2D eigenvalue weighted by atomic mass is 10.1. The fourth-order valence-electron chi connectivity index (χ4n) is 2.13. The quantitative estimate of drug-likeness (QED) is 0.835. The zero-order valence-electron chi connectivity index (χ0n) is 9.85. The van der Waals surface area contributed by atoms with Crippen LogP contribution in [0.1, 0.15) is 16.8 Å². The molecule has 2 atom stereocenters. The second-order valence-electron chi connectivity index (χ2n) is 4.39. The summed E-state index contributed by atoms with van der Waals surface area (Å²) in [5.74, 6) is -1.60. The van der Waals surface area contributed by atoms with Crippen LogP contribution in [0.4, 0.5) is 4.39 Å². The van der Waals surface area contributed by atoms with E-state index < -0.39 is 29.8 Å². The largest absolute Gasteiger partial charge is 0.391 e. The molecule has 7 heteroatoms. The van der Waals surface area contributed by atoms with Gasteiger partial charge in [0.05, 0.1) is 11.7 Å². The van der Waals surface area contributed by atoms with Gasteiger partial charge in [-0.2, -0.15) is 0 Å². The van der Waals surface area contributed by atoms with E-state index in [0.717, 1.165) is 6.07 Å². The number of β-amino-alcohol motifs (C(OH)–C–C–N with tert-alkyl or cyclic N) is 1. The number of rotatable bonds is 2. The first-order valence-corrected chi connectivity index (χ1v) is 6.43. The van der Waals surface area contributed by atoms with Crippen molar-refractivity contribution in [2.75, 3.05) is 6.54 Å². The van der Waals surface area contributed by atoms with Gasteiger partial charge in [0.15, 0.2) is 0 Å². The third kappa shape index (κ3) is 2.76. The zero-order valence-corrected chi connectivity index (χ0v) is 11.4. The Balaban J connectivity index is 2.30. The normalized spacial score (nSPS) is 22.6. The van der Waals surface area contributed by atoms with Crippen LogP contribution < -0.4 is 5.73 Å². The Bertz CT molecular complexity index is 538. The summed E-state index contributed by atoms with van der Waals surface area (Å²) in [7, 11) is 0. The molecule has 0 saturated carbocycles. The highest BCUT2D eigenvalue weighted by Gasteiger charge is 2.38. The monoisotopic (exact) mass is 330 g/mol. The van der Waals surface area contributed by atoms with Gasteiger partial charge < -0.3 is 15.7 Å². The molecule has 5 nitrogen and oxygen atoms in total. The maximum Gasteiger partial charge on any atom is 0.255 e. The average molecular weight is 331 g/mol. The molecule has 2 amide bonds. The molecule has 0 aliphatic carbocycles. The molecule has 2 rings (SSSR count). The Labute approximate surface area is 117 Å². The van der Waals surface area contributed by atoms with E-state index in [4.69, 9.17) is 5.73 Å². The summed E-state index contributed by atoms with van der Waals surface area (Å²) in [4.78, 5) is 24.8. The van der Waals surface area contributed by atoms with Gasteiger partial charge in [0.1, 0.15) is 11.9 Å². The van der Waals surface area contributed by atoms with Gasteiger partial charge in [-0.3, -0.25) is 9.59 Å². The number of carbonyl (C=O) groups is 2. The minimum Gasteiger partial charge on any atom is -0.391 e. The van der Waals surface area contributed by atoms with Crippen LogP contribution in [0.2, 0.25) is 0 Å². The predicted octanol–water partition coefficient (Wildman–Crippen LogP) is 0.649. The van der Waals surface area contributed by atoms with Crippen LogP contribution in [0.5, 0.6) is 0 Å². The van der Waals surface area contributed by atoms with E-state index in [2.05, 4.69) is 15.9 Å². The fourth-order valence-corrected chi connectivity index (χ4v) is 2.65. The maximum atomic E-state index is 13.0. The lowest BCUT2D eigenvalue weighted by Crippen LogP contribution is -2.43. The standard InChI is InChI=1S/C12H12BrFN2O3/c13-9-3-6(14)1-2-8(9)12(19)16-5-7(17)4-10(16)11(15)18/h1-3,7,10,17H,4-5H2,(H2,15,18). The highest BCUT2D eigenvalue weighted by Crippen LogP contribution is 2.25. The Hall–Kier alpha value is -1.47. The summed E-state index contributed by atoms with van der Waals surface area (Å²) in [6.45, 7) is 0.0380. The number of aliphatic hydroxyl groups excluding tert-OH is 1. The number of hydrogen-bond acceptors (Lipinski definition) is 3. The highest BCUT2D eigenvalue weighted by atomic mass is 79.9. The number of primary amides is 1. The predicted molar refractivity (Wildman–Crippen MR) is 68.7 cm³/mol. The van der Waals surface area contributed by atoms with Crippen molar-refractivity contribution in [3.63, 3.8) is 0 Å². The number of benzene rings is 1. The molecule has 0 aromatic heterocycles. The van der Waals surface area contributed by atoms with E-state index in [-0.39, 0.29) is 18.5 Å². The van der Waals surface area contributed by atoms with E-state index in [1.54, 1.807) is 0 Å². The third-order valence-corrected chi connectivity index (χ3v) is 3.69. The second kappa shape index (κ2) is 5.26. The van der Waals surface area contributed by atoms with Gasteiger partial charge in [0, 0.05) is 17.4 Å². The summed E-state index contributed by atoms with van der Waals surface area (Å²) in [5, 5.41) is 9.55. The first-order chi connectivity index (χ1) is 8.90. The molecule has 0 radical (unpaired) electrons. The molecule has 1 aliphatic rings. The van der Waals surface area contributed by atoms with Crippen LogP contribution in [-0.2, 0) is 4.79 Å². The number of nitrogens with two attached hydrogens (primary N) is 1. The van der Waals surface area contributed by atoms with Gasteiger partial charge in [-0.25, -0.2) is 4.39 Å². The van der Waals surface area contributed by atoms with Crippen molar-refractivity contribution in [3.8, 4) is 0 Å². The van der Waals surface area contributed by atoms with E-state index in [9.17, 15) is 19.1 Å². The van der Waals surface area contributed by atoms with Crippen molar-refractivity contribution in [3.05, 3.63) is 34.1 Å². The van der Waals surface area contributed by atoms with Crippen molar-refractivity contribution in [2.24, 2.45) is 5.73 Å². The Morgan fingerprint density at radius 3 is 2.74 bits per heavy atom. The molecular weight excluding hydrogens is 319 g/mol. The van der Waals surface area contributed by atoms with Gasteiger partial charge in [-0.15, -0.1) is 0 Å². The lowest BCUT2D eigenvalue weighted by Gasteiger charge is -2.22. The SMILES string of the molecule is NC(=O)C1CC(O)CN1C(=O)c1ccc(F)cc1Br. The topological polar surface area (TPSA) is 83.6 Å². The summed E-state index contributed by atoms with van der Waals surface area (Å²) < 4.78 is 13.3. The minimum absolute atomic E-state index is 0.0380. The number of aliphatic hydroxyl groups is 1. The van der Waals surface area contributed by atoms with Crippen molar-refractivity contribution in [1.82, 2.24) is 4.90 Å². The second-order valence-corrected chi connectivity index (χ2v) is 5.24. The van der Waals surface area contributed by atoms with Crippen molar-refractivity contribution < 1.29 is 19.1 Å². The third-order valence-electron chi connectivity index (χ3n) is 3.03. The van der Waals surface area contributed by atoms with E-state index >= 15 is 0 Å². The molecule has 3 N–H and O–H groups in total. The van der Waals surface area contributed by atoms with Crippen molar-refractivity contribution >= 4 is 27.7 Å². The van der Waals surface area contributed by atoms with Crippen LogP contribution in [-0.4, -0.2) is 40.5 Å². The van der Waals surface area contributed by atoms with Crippen LogP contribution in [0.3, 0.4) is 0 Å². The molecule has 1 fully saturated rings. The summed E-state index contributed by atoms with van der Waals surface area (Å²) in [6.07, 6.45) is -0.652. The van der Waals surface area contributed by atoms with E-state index in [0.29, 0.717) is 4.47 Å². The smallest absolute Gasteiger partial charge is 0.255 e. The summed E-state index contributed by atoms with van der Waals surface area (Å²) in [5.41, 5.74) is 5.44. The first-order valence-electron chi connectivity index (χ1n) is 5.63. The van der Waals surface area contributed by atoms with Gasteiger partial charge in [0.25, 0.3) is 5.91 Å². The molecular formula is C12H12BrFN2O3. The van der Waals surface area contributed by atoms with Crippen LogP contribution in [0.25, 0.3) is 0 Å². The highest BCUT2D eigenvalue weighted by molar-refractivity contribution is 9.10. The van der Waals surface area contributed by atoms with E-state index in [1.807, 2.05) is 0 Å². The number of nitrogens with zero attached hydrogens (tertiary/aromatic N) is 1. The summed E-state index contributed by atoms with van der Waals surface area (Å²) >= 11 is 3.10. The average Bonchev–Trinajstić information content (AvgIpc) is 2.70. The molecule has 0 bridgehead atoms. The first kappa shape index (κ1) is 14.0. The van der Waals surface area contributed by atoms with Gasteiger partial charge in [-0.05, 0) is 34.1 Å². The lowest BCUT2D eigenvalue weighted by molar-refractivity contribution is -0.121. The molecule has 19 heavy (non-hydrogen) atoms. The summed E-state index contributed by atoms with van der Waals surface area (Å²) in [6, 6.07) is 2.81. The molecule has 0 spiro atoms. The number of likely N-dealkylation sites (tertiary alicyclic amines) is 1. The molecule has 2 unspecified atom stereocenters. The van der Waals surface area contributed by atoms with Crippen molar-refractivity contribution in [1.29, 1.82) is 0 Å². The van der Waals surface area contributed by atoms with Crippen molar-refractivity contribution in [2.45, 2.75) is 18.6 Å². The van der Waals surface area contributed by atoms with Gasteiger partial charge in [0.2, 0.25) is 5.91 Å². The number of halogens is 2. The Morgan fingerprint density at radius 1 is 1.47 bits per heavy atom. The van der Waals surface area contributed by atoms with Gasteiger partial charge in [-0.1, -0.05) is 0 Å². The Morgan fingerprint density at radius 2 is 2.16 bits per heavy atom. The Kier molecular flexibility index (Phi) is 3.86. The minimum atomic E-state index is -0.834. The van der Waals surface area contributed by atoms with Crippen LogP contribution in [0.15, 0.2) is 22.7 Å². The number of carbonyl (C=O) groups excluding carboxylic acids is 2.